The largest absolute Gasteiger partial charge is 0.417 e. The fourth-order valence-corrected chi connectivity index (χ4v) is 2.50. The Bertz CT molecular complexity index is 591. The van der Waals surface area contributed by atoms with Gasteiger partial charge in [-0.2, -0.15) is 18.4 Å². The first-order valence-electron chi connectivity index (χ1n) is 6.36. The Labute approximate surface area is 133 Å². The Morgan fingerprint density at radius 3 is 2.57 bits per heavy atom. The van der Waals surface area contributed by atoms with Gasteiger partial charge in [-0.3, -0.25) is 4.79 Å². The highest BCUT2D eigenvalue weighted by molar-refractivity contribution is 14.1. The van der Waals surface area contributed by atoms with Gasteiger partial charge in [0.15, 0.2) is 0 Å². The number of rotatable bonds is 5. The number of halogens is 4. The number of benzene rings is 1. The SMILES string of the molecule is N#Cc1ccc(N(CC(=O)I)CC2CC2)cc1C(F)(F)F. The van der Waals surface area contributed by atoms with Crippen molar-refractivity contribution in [2.75, 3.05) is 18.0 Å². The molecule has 0 bridgehead atoms. The quantitative estimate of drug-likeness (QED) is 0.551. The van der Waals surface area contributed by atoms with Crippen molar-refractivity contribution in [2.24, 2.45) is 5.92 Å². The van der Waals surface area contributed by atoms with E-state index in [1.165, 1.54) is 6.07 Å². The first kappa shape index (κ1) is 16.1. The lowest BCUT2D eigenvalue weighted by molar-refractivity contribution is -0.137. The second kappa shape index (κ2) is 6.22. The van der Waals surface area contributed by atoms with E-state index in [-0.39, 0.29) is 10.3 Å². The van der Waals surface area contributed by atoms with Crippen LogP contribution in [0.2, 0.25) is 0 Å². The molecule has 0 aliphatic heterocycles. The van der Waals surface area contributed by atoms with Gasteiger partial charge in [0.05, 0.1) is 23.7 Å². The summed E-state index contributed by atoms with van der Waals surface area (Å²) >= 11 is 1.64. The highest BCUT2D eigenvalue weighted by Crippen LogP contribution is 2.36. The first-order chi connectivity index (χ1) is 9.81. The lowest BCUT2D eigenvalue weighted by Gasteiger charge is -2.24. The summed E-state index contributed by atoms with van der Waals surface area (Å²) in [5.74, 6) is 0.436. The fourth-order valence-electron chi connectivity index (χ4n) is 2.08. The molecule has 0 atom stereocenters. The lowest BCUT2D eigenvalue weighted by atomic mass is 10.1. The van der Waals surface area contributed by atoms with Gasteiger partial charge in [0.1, 0.15) is 0 Å². The molecule has 0 radical (unpaired) electrons. The molecule has 0 N–H and O–H groups in total. The highest BCUT2D eigenvalue weighted by Gasteiger charge is 2.34. The predicted molar refractivity (Wildman–Crippen MR) is 80.1 cm³/mol. The van der Waals surface area contributed by atoms with E-state index >= 15 is 0 Å². The zero-order chi connectivity index (χ0) is 15.6. The third-order valence-electron chi connectivity index (χ3n) is 3.28. The van der Waals surface area contributed by atoms with Crippen LogP contribution in [0.15, 0.2) is 18.2 Å². The van der Waals surface area contributed by atoms with Crippen molar-refractivity contribution >= 4 is 32.1 Å². The minimum Gasteiger partial charge on any atom is -0.363 e. The molecule has 21 heavy (non-hydrogen) atoms. The number of alkyl halides is 3. The monoisotopic (exact) mass is 408 g/mol. The van der Waals surface area contributed by atoms with Gasteiger partial charge in [-0.15, -0.1) is 0 Å². The minimum absolute atomic E-state index is 0.0697. The molecule has 1 aliphatic carbocycles. The molecule has 1 aromatic carbocycles. The summed E-state index contributed by atoms with van der Waals surface area (Å²) in [6, 6.07) is 5.14. The van der Waals surface area contributed by atoms with Crippen molar-refractivity contribution in [2.45, 2.75) is 19.0 Å². The van der Waals surface area contributed by atoms with Gasteiger partial charge in [-0.05, 0) is 37.0 Å². The first-order valence-corrected chi connectivity index (χ1v) is 7.43. The molecule has 7 heteroatoms. The zero-order valence-corrected chi connectivity index (χ0v) is 13.1. The molecule has 0 saturated heterocycles. The number of hydrogen-bond donors (Lipinski definition) is 0. The molecular formula is C14H12F3IN2O. The molecule has 1 aliphatic rings. The number of hydrogen-bond acceptors (Lipinski definition) is 3. The molecular weight excluding hydrogens is 396 g/mol. The molecule has 1 aromatic rings. The van der Waals surface area contributed by atoms with Crippen LogP contribution in [-0.2, 0) is 11.0 Å². The van der Waals surface area contributed by atoms with E-state index < -0.39 is 17.3 Å². The molecule has 0 amide bonds. The van der Waals surface area contributed by atoms with E-state index in [9.17, 15) is 18.0 Å². The van der Waals surface area contributed by atoms with Crippen molar-refractivity contribution < 1.29 is 18.0 Å². The maximum absolute atomic E-state index is 13.0. The summed E-state index contributed by atoms with van der Waals surface area (Å²) in [6.45, 7) is 0.637. The van der Waals surface area contributed by atoms with Gasteiger partial charge in [0.25, 0.3) is 0 Å². The Kier molecular flexibility index (Phi) is 4.76. The number of anilines is 1. The Morgan fingerprint density at radius 1 is 1.43 bits per heavy atom. The van der Waals surface area contributed by atoms with Crippen molar-refractivity contribution in [3.8, 4) is 6.07 Å². The van der Waals surface area contributed by atoms with Crippen molar-refractivity contribution in [3.63, 3.8) is 0 Å². The van der Waals surface area contributed by atoms with Gasteiger partial charge in [-0.25, -0.2) is 0 Å². The van der Waals surface area contributed by atoms with Crippen LogP contribution in [0.4, 0.5) is 18.9 Å². The van der Waals surface area contributed by atoms with Crippen LogP contribution in [-0.4, -0.2) is 16.9 Å². The van der Waals surface area contributed by atoms with E-state index in [0.29, 0.717) is 18.2 Å². The van der Waals surface area contributed by atoms with Gasteiger partial charge in [0, 0.05) is 34.8 Å². The number of carbonyl (C=O) groups excluding carboxylic acids is 1. The van der Waals surface area contributed by atoms with Gasteiger partial charge < -0.3 is 4.90 Å². The summed E-state index contributed by atoms with van der Waals surface area (Å²) in [5, 5.41) is 8.79. The van der Waals surface area contributed by atoms with Gasteiger partial charge in [0.2, 0.25) is 3.79 Å². The van der Waals surface area contributed by atoms with E-state index in [1.807, 2.05) is 0 Å². The molecule has 0 heterocycles. The van der Waals surface area contributed by atoms with Crippen molar-refractivity contribution in [3.05, 3.63) is 29.3 Å². The number of nitrogens with zero attached hydrogens (tertiary/aromatic N) is 2. The predicted octanol–water partition coefficient (Wildman–Crippen LogP) is 3.76. The molecule has 1 fully saturated rings. The molecule has 1 saturated carbocycles. The Balaban J connectivity index is 2.35. The van der Waals surface area contributed by atoms with Crippen molar-refractivity contribution in [1.82, 2.24) is 0 Å². The molecule has 0 spiro atoms. The third kappa shape index (κ3) is 4.33. The maximum atomic E-state index is 13.0. The third-order valence-corrected chi connectivity index (χ3v) is 3.63. The molecule has 0 aromatic heterocycles. The van der Waals surface area contributed by atoms with E-state index in [4.69, 9.17) is 5.26 Å². The fraction of sp³-hybridized carbons (Fsp3) is 0.429. The summed E-state index contributed by atoms with van der Waals surface area (Å²) in [4.78, 5) is 13.0. The standard InChI is InChI=1S/C14H12F3IN2O/c15-14(16,17)12-5-11(4-3-10(12)6-19)20(8-13(18)21)7-9-1-2-9/h3-5,9H,1-2,7-8H2. The van der Waals surface area contributed by atoms with Crippen LogP contribution in [0.3, 0.4) is 0 Å². The van der Waals surface area contributed by atoms with Gasteiger partial charge in [-0.1, -0.05) is 0 Å². The maximum Gasteiger partial charge on any atom is 0.417 e. The normalized spacial score (nSPS) is 14.6. The number of carbonyl (C=O) groups is 1. The van der Waals surface area contributed by atoms with Crippen LogP contribution in [0, 0.1) is 17.2 Å². The van der Waals surface area contributed by atoms with Gasteiger partial charge >= 0.3 is 6.18 Å². The molecule has 112 valence electrons. The Morgan fingerprint density at radius 2 is 2.10 bits per heavy atom. The van der Waals surface area contributed by atoms with E-state index in [0.717, 1.165) is 25.0 Å². The average Bonchev–Trinajstić information content (AvgIpc) is 3.19. The average molecular weight is 408 g/mol. The molecule has 0 unspecified atom stereocenters. The zero-order valence-electron chi connectivity index (χ0n) is 11.0. The lowest BCUT2D eigenvalue weighted by Crippen LogP contribution is -2.30. The number of nitriles is 1. The van der Waals surface area contributed by atoms with Crippen LogP contribution in [0.25, 0.3) is 0 Å². The summed E-state index contributed by atoms with van der Waals surface area (Å²) in [6.07, 6.45) is -2.51. The van der Waals surface area contributed by atoms with Crippen LogP contribution < -0.4 is 4.90 Å². The van der Waals surface area contributed by atoms with Crippen LogP contribution in [0.5, 0.6) is 0 Å². The highest BCUT2D eigenvalue weighted by atomic mass is 127. The second-order valence-corrected chi connectivity index (χ2v) is 6.22. The summed E-state index contributed by atoms with van der Waals surface area (Å²) in [5.41, 5.74) is -1.03. The topological polar surface area (TPSA) is 44.1 Å². The smallest absolute Gasteiger partial charge is 0.363 e. The molecule has 3 nitrogen and oxygen atoms in total. The van der Waals surface area contributed by atoms with E-state index in [2.05, 4.69) is 0 Å². The Hall–Kier alpha value is -1.30. The van der Waals surface area contributed by atoms with Crippen molar-refractivity contribution in [1.29, 1.82) is 5.26 Å². The van der Waals surface area contributed by atoms with E-state index in [1.54, 1.807) is 33.6 Å². The summed E-state index contributed by atoms with van der Waals surface area (Å²) < 4.78 is 38.8. The minimum atomic E-state index is -4.58. The molecule has 2 rings (SSSR count). The van der Waals surface area contributed by atoms with Crippen LogP contribution in [0.1, 0.15) is 24.0 Å². The second-order valence-electron chi connectivity index (χ2n) is 5.02. The summed E-state index contributed by atoms with van der Waals surface area (Å²) in [7, 11) is 0. The van der Waals surface area contributed by atoms with Crippen LogP contribution >= 0.6 is 22.6 Å².